The molecule has 0 radical (unpaired) electrons. The third-order valence-electron chi connectivity index (χ3n) is 7.31. The summed E-state index contributed by atoms with van der Waals surface area (Å²) in [5.74, 6) is -2.84. The van der Waals surface area contributed by atoms with Gasteiger partial charge in [-0.25, -0.2) is 0 Å². The first-order valence-corrected chi connectivity index (χ1v) is 15.7. The summed E-state index contributed by atoms with van der Waals surface area (Å²) >= 11 is 0. The van der Waals surface area contributed by atoms with Gasteiger partial charge in [-0.1, -0.05) is 68.4 Å². The Kier molecular flexibility index (Phi) is 14.5. The lowest BCUT2D eigenvalue weighted by atomic mass is 9.88. The number of esters is 6. The Labute approximate surface area is 284 Å². The third-order valence-corrected chi connectivity index (χ3v) is 7.31. The molecule has 0 aliphatic rings. The largest absolute Gasteiger partial charge is 0.465 e. The van der Waals surface area contributed by atoms with Crippen molar-refractivity contribution >= 4 is 35.8 Å². The summed E-state index contributed by atoms with van der Waals surface area (Å²) in [6.07, 6.45) is -0.238. The van der Waals surface area contributed by atoms with Crippen LogP contribution in [0.2, 0.25) is 0 Å². The number of rotatable bonds is 17. The van der Waals surface area contributed by atoms with Crippen LogP contribution in [0, 0.1) is 5.41 Å². The minimum Gasteiger partial charge on any atom is -0.465 e. The fourth-order valence-electron chi connectivity index (χ4n) is 4.50. The van der Waals surface area contributed by atoms with Crippen molar-refractivity contribution < 1.29 is 57.2 Å². The molecule has 0 spiro atoms. The maximum Gasteiger partial charge on any atom is 0.310 e. The molecule has 0 saturated heterocycles. The van der Waals surface area contributed by atoms with E-state index in [1.807, 2.05) is 0 Å². The fraction of sp³-hybridized carbons (Fsp3) is 0.351. The fourth-order valence-corrected chi connectivity index (χ4v) is 4.50. The number of hydrogen-bond acceptors (Lipinski definition) is 12. The van der Waals surface area contributed by atoms with E-state index in [4.69, 9.17) is 28.4 Å². The number of ether oxygens (including phenoxy) is 6. The molecule has 0 unspecified atom stereocenters. The molecule has 3 aromatic rings. The quantitative estimate of drug-likeness (QED) is 0.108. The van der Waals surface area contributed by atoms with Crippen LogP contribution in [0.3, 0.4) is 0 Å². The van der Waals surface area contributed by atoms with Crippen molar-refractivity contribution in [2.75, 3.05) is 19.8 Å². The van der Waals surface area contributed by atoms with Crippen LogP contribution in [0.5, 0.6) is 17.2 Å². The van der Waals surface area contributed by atoms with Crippen molar-refractivity contribution in [2.24, 2.45) is 5.41 Å². The predicted octanol–water partition coefficient (Wildman–Crippen LogP) is 4.91. The summed E-state index contributed by atoms with van der Waals surface area (Å²) < 4.78 is 32.6. The molecular weight excluding hydrogens is 636 g/mol. The second-order valence-electron chi connectivity index (χ2n) is 11.2. The maximum atomic E-state index is 13.0. The van der Waals surface area contributed by atoms with E-state index in [2.05, 4.69) is 0 Å². The minimum atomic E-state index is -1.15. The van der Waals surface area contributed by atoms with E-state index in [-0.39, 0.29) is 69.2 Å². The monoisotopic (exact) mass is 676 g/mol. The van der Waals surface area contributed by atoms with Gasteiger partial charge < -0.3 is 28.4 Å². The molecule has 0 saturated carbocycles. The van der Waals surface area contributed by atoms with E-state index in [1.165, 1.54) is 13.8 Å². The SMILES string of the molecule is CCC(=O)Oc1ccccc1CC(=O)OCC(CC)(COC(=O)Cc1ccccc1OC(C)=O)COC(=O)Cc1ccccc1OC(C)=O. The molecule has 0 heterocycles. The van der Waals surface area contributed by atoms with Gasteiger partial charge in [0, 0.05) is 37.0 Å². The Bertz CT molecular complexity index is 1570. The van der Waals surface area contributed by atoms with E-state index in [1.54, 1.807) is 86.6 Å². The molecule has 0 atom stereocenters. The van der Waals surface area contributed by atoms with Gasteiger partial charge in [0.2, 0.25) is 0 Å². The molecule has 0 fully saturated rings. The van der Waals surface area contributed by atoms with Crippen LogP contribution >= 0.6 is 0 Å². The zero-order valence-electron chi connectivity index (χ0n) is 28.0. The van der Waals surface area contributed by atoms with Crippen molar-refractivity contribution in [2.45, 2.75) is 59.8 Å². The van der Waals surface area contributed by atoms with Gasteiger partial charge in [-0.2, -0.15) is 0 Å². The van der Waals surface area contributed by atoms with Crippen LogP contribution in [-0.2, 0) is 62.2 Å². The summed E-state index contributed by atoms with van der Waals surface area (Å²) in [5.41, 5.74) is 0.139. The summed E-state index contributed by atoms with van der Waals surface area (Å²) in [5, 5.41) is 0. The van der Waals surface area contributed by atoms with Gasteiger partial charge in [-0.3, -0.25) is 28.8 Å². The molecule has 0 bridgehead atoms. The molecule has 0 aromatic heterocycles. The van der Waals surface area contributed by atoms with Gasteiger partial charge in [-0.15, -0.1) is 0 Å². The summed E-state index contributed by atoms with van der Waals surface area (Å²) in [6.45, 7) is 5.06. The van der Waals surface area contributed by atoms with Crippen molar-refractivity contribution in [3.63, 3.8) is 0 Å². The maximum absolute atomic E-state index is 13.0. The molecule has 0 aliphatic carbocycles. The Morgan fingerprint density at radius 2 is 0.816 bits per heavy atom. The smallest absolute Gasteiger partial charge is 0.310 e. The number of hydrogen-bond donors (Lipinski definition) is 0. The zero-order valence-corrected chi connectivity index (χ0v) is 28.0. The first-order chi connectivity index (χ1) is 23.4. The second-order valence-corrected chi connectivity index (χ2v) is 11.2. The molecule has 12 heteroatoms. The molecule has 3 rings (SSSR count). The Morgan fingerprint density at radius 3 is 1.12 bits per heavy atom. The minimum absolute atomic E-state index is 0.153. The van der Waals surface area contributed by atoms with Gasteiger partial charge in [0.15, 0.2) is 0 Å². The number of carbonyl (C=O) groups excluding carboxylic acids is 6. The average Bonchev–Trinajstić information content (AvgIpc) is 3.07. The van der Waals surface area contributed by atoms with Crippen LogP contribution in [0.25, 0.3) is 0 Å². The summed E-state index contributed by atoms with van der Waals surface area (Å²) in [7, 11) is 0. The lowest BCUT2D eigenvalue weighted by Crippen LogP contribution is -2.39. The highest BCUT2D eigenvalue weighted by molar-refractivity contribution is 5.77. The van der Waals surface area contributed by atoms with Gasteiger partial charge in [0.1, 0.15) is 37.1 Å². The van der Waals surface area contributed by atoms with Gasteiger partial charge in [0.25, 0.3) is 0 Å². The van der Waals surface area contributed by atoms with E-state index in [0.29, 0.717) is 16.7 Å². The molecule has 0 amide bonds. The molecule has 3 aromatic carbocycles. The average molecular weight is 677 g/mol. The summed E-state index contributed by atoms with van der Waals surface area (Å²) in [6, 6.07) is 19.6. The third kappa shape index (κ3) is 12.5. The summed E-state index contributed by atoms with van der Waals surface area (Å²) in [4.78, 5) is 73.9. The first-order valence-electron chi connectivity index (χ1n) is 15.7. The van der Waals surface area contributed by atoms with E-state index < -0.39 is 41.2 Å². The van der Waals surface area contributed by atoms with Crippen molar-refractivity contribution in [1.82, 2.24) is 0 Å². The van der Waals surface area contributed by atoms with Crippen LogP contribution in [0.1, 0.15) is 57.2 Å². The zero-order chi connectivity index (χ0) is 35.8. The topological polar surface area (TPSA) is 158 Å². The van der Waals surface area contributed by atoms with Crippen LogP contribution in [0.4, 0.5) is 0 Å². The highest BCUT2D eigenvalue weighted by atomic mass is 16.6. The second kappa shape index (κ2) is 18.7. The lowest BCUT2D eigenvalue weighted by Gasteiger charge is -2.31. The number of carbonyl (C=O) groups is 6. The highest BCUT2D eigenvalue weighted by Gasteiger charge is 2.35. The first kappa shape index (κ1) is 37.9. The molecule has 49 heavy (non-hydrogen) atoms. The molecular formula is C37H40O12. The lowest BCUT2D eigenvalue weighted by molar-refractivity contribution is -0.161. The van der Waals surface area contributed by atoms with Gasteiger partial charge >= 0.3 is 35.8 Å². The van der Waals surface area contributed by atoms with Gasteiger partial charge in [-0.05, 0) is 24.6 Å². The molecule has 12 nitrogen and oxygen atoms in total. The number of para-hydroxylation sites is 3. The van der Waals surface area contributed by atoms with E-state index in [9.17, 15) is 28.8 Å². The molecule has 0 aliphatic heterocycles. The van der Waals surface area contributed by atoms with E-state index in [0.717, 1.165) is 0 Å². The van der Waals surface area contributed by atoms with Crippen LogP contribution in [0.15, 0.2) is 72.8 Å². The highest BCUT2D eigenvalue weighted by Crippen LogP contribution is 2.27. The standard InChI is InChI=1S/C37H40O12/c1-5-33(40)49-32-18-12-9-15-29(32)21-36(43)46-24-37(6-2,22-44-34(41)19-27-13-7-10-16-30(27)47-25(3)38)23-45-35(42)20-28-14-8-11-17-31(28)48-26(4)39/h7-18H,5-6,19-24H2,1-4H3. The number of benzene rings is 3. The Hall–Kier alpha value is -5.52. The van der Waals surface area contributed by atoms with Gasteiger partial charge in [0.05, 0.1) is 24.7 Å². The van der Waals surface area contributed by atoms with Crippen LogP contribution in [-0.4, -0.2) is 55.6 Å². The van der Waals surface area contributed by atoms with Crippen molar-refractivity contribution in [3.8, 4) is 17.2 Å². The molecule has 260 valence electrons. The van der Waals surface area contributed by atoms with Crippen molar-refractivity contribution in [1.29, 1.82) is 0 Å². The van der Waals surface area contributed by atoms with Crippen LogP contribution < -0.4 is 14.2 Å². The Balaban J connectivity index is 1.75. The molecule has 0 N–H and O–H groups in total. The van der Waals surface area contributed by atoms with E-state index >= 15 is 0 Å². The van der Waals surface area contributed by atoms with Crippen molar-refractivity contribution in [3.05, 3.63) is 89.5 Å². The Morgan fingerprint density at radius 1 is 0.490 bits per heavy atom. The normalized spacial score (nSPS) is 10.8. The predicted molar refractivity (Wildman–Crippen MR) is 175 cm³/mol.